The Kier molecular flexibility index (Phi) is 2.72. The number of carbonyl (C=O) groups is 1. The summed E-state index contributed by atoms with van der Waals surface area (Å²) >= 11 is 0. The van der Waals surface area contributed by atoms with Gasteiger partial charge >= 0.3 is 5.97 Å². The number of aromatic nitrogens is 1. The van der Waals surface area contributed by atoms with Crippen molar-refractivity contribution in [1.82, 2.24) is 4.98 Å². The Morgan fingerprint density at radius 2 is 2.12 bits per heavy atom. The molecule has 0 spiro atoms. The Labute approximate surface area is 93.4 Å². The predicted molar refractivity (Wildman–Crippen MR) is 61.2 cm³/mol. The molecule has 82 valence electrons. The van der Waals surface area contributed by atoms with Gasteiger partial charge in [0.05, 0.1) is 12.3 Å². The average molecular weight is 216 g/mol. The number of hydrogen-bond donors (Lipinski definition) is 1. The first-order valence-corrected chi connectivity index (χ1v) is 5.05. The summed E-state index contributed by atoms with van der Waals surface area (Å²) in [6, 6.07) is 9.18. The predicted octanol–water partition coefficient (Wildman–Crippen LogP) is 1.95. The number of nitrogen functional groups attached to an aromatic ring is 1. The summed E-state index contributed by atoms with van der Waals surface area (Å²) in [5.41, 5.74) is 7.49. The van der Waals surface area contributed by atoms with Crippen molar-refractivity contribution in [1.29, 1.82) is 0 Å². The fraction of sp³-hybridized carbons (Fsp3) is 0.167. The minimum Gasteiger partial charge on any atom is -0.462 e. The van der Waals surface area contributed by atoms with Crippen LogP contribution in [0.25, 0.3) is 11.3 Å². The second-order valence-corrected chi connectivity index (χ2v) is 3.30. The van der Waals surface area contributed by atoms with Crippen LogP contribution >= 0.6 is 0 Å². The summed E-state index contributed by atoms with van der Waals surface area (Å²) in [6.45, 7) is 2.08. The molecule has 0 aromatic rings. The summed E-state index contributed by atoms with van der Waals surface area (Å²) in [7, 11) is 0. The highest BCUT2D eigenvalue weighted by Crippen LogP contribution is 2.29. The van der Waals surface area contributed by atoms with E-state index in [0.717, 1.165) is 5.56 Å². The molecule has 16 heavy (non-hydrogen) atoms. The lowest BCUT2D eigenvalue weighted by Gasteiger charge is -2.01. The van der Waals surface area contributed by atoms with E-state index >= 15 is 0 Å². The second kappa shape index (κ2) is 4.18. The molecule has 0 bridgehead atoms. The monoisotopic (exact) mass is 216 g/mol. The fourth-order valence-electron chi connectivity index (χ4n) is 1.59. The van der Waals surface area contributed by atoms with Crippen molar-refractivity contribution < 1.29 is 9.53 Å². The first-order valence-electron chi connectivity index (χ1n) is 5.05. The zero-order chi connectivity index (χ0) is 11.5. The second-order valence-electron chi connectivity index (χ2n) is 3.30. The molecule has 1 aliphatic carbocycles. The molecule has 0 radical (unpaired) electrons. The first kappa shape index (κ1) is 10.4. The SMILES string of the molecule is CCOC(=O)c1c2cccccc-2nc1N. The van der Waals surface area contributed by atoms with E-state index in [0.29, 0.717) is 17.9 Å². The van der Waals surface area contributed by atoms with Gasteiger partial charge in [0.1, 0.15) is 11.4 Å². The van der Waals surface area contributed by atoms with Gasteiger partial charge in [0.2, 0.25) is 0 Å². The Hall–Kier alpha value is -2.10. The zero-order valence-electron chi connectivity index (χ0n) is 8.93. The van der Waals surface area contributed by atoms with Crippen molar-refractivity contribution in [3.05, 3.63) is 35.9 Å². The van der Waals surface area contributed by atoms with Crippen LogP contribution in [0.15, 0.2) is 30.3 Å². The third-order valence-corrected chi connectivity index (χ3v) is 2.26. The normalized spacial score (nSPS) is 10.3. The maximum absolute atomic E-state index is 11.7. The largest absolute Gasteiger partial charge is 0.462 e. The maximum Gasteiger partial charge on any atom is 0.342 e. The van der Waals surface area contributed by atoms with Gasteiger partial charge in [-0.15, -0.1) is 0 Å². The number of hydrogen-bond acceptors (Lipinski definition) is 4. The highest BCUT2D eigenvalue weighted by Gasteiger charge is 2.21. The van der Waals surface area contributed by atoms with Crippen LogP contribution in [0.5, 0.6) is 0 Å². The zero-order valence-corrected chi connectivity index (χ0v) is 8.93. The van der Waals surface area contributed by atoms with Gasteiger partial charge in [-0.25, -0.2) is 9.78 Å². The summed E-state index contributed by atoms with van der Waals surface area (Å²) in [6.07, 6.45) is 0. The molecular weight excluding hydrogens is 204 g/mol. The van der Waals surface area contributed by atoms with Crippen molar-refractivity contribution in [2.75, 3.05) is 12.3 Å². The Morgan fingerprint density at radius 1 is 1.38 bits per heavy atom. The number of carbonyl (C=O) groups excluding carboxylic acids is 1. The topological polar surface area (TPSA) is 65.2 Å². The van der Waals surface area contributed by atoms with E-state index in [9.17, 15) is 4.79 Å². The molecule has 0 unspecified atom stereocenters. The first-order chi connectivity index (χ1) is 7.74. The number of esters is 1. The van der Waals surface area contributed by atoms with Crippen LogP contribution in [0.4, 0.5) is 5.82 Å². The van der Waals surface area contributed by atoms with Gasteiger partial charge in [0.15, 0.2) is 0 Å². The van der Waals surface area contributed by atoms with Crippen molar-refractivity contribution in [2.24, 2.45) is 0 Å². The Bertz CT molecular complexity index is 497. The van der Waals surface area contributed by atoms with Crippen molar-refractivity contribution in [3.63, 3.8) is 0 Å². The summed E-state index contributed by atoms with van der Waals surface area (Å²) < 4.78 is 4.95. The van der Waals surface area contributed by atoms with Crippen LogP contribution in [0.2, 0.25) is 0 Å². The Balaban J connectivity index is 2.56. The van der Waals surface area contributed by atoms with E-state index in [1.54, 1.807) is 6.92 Å². The van der Waals surface area contributed by atoms with Crippen LogP contribution in [0.1, 0.15) is 17.3 Å². The number of nitrogens with zero attached hydrogens (tertiary/aromatic N) is 1. The molecule has 0 saturated heterocycles. The van der Waals surface area contributed by atoms with Crippen LogP contribution in [-0.2, 0) is 4.74 Å². The van der Waals surface area contributed by atoms with E-state index in [4.69, 9.17) is 10.5 Å². The van der Waals surface area contributed by atoms with E-state index in [1.807, 2.05) is 30.3 Å². The molecule has 0 aromatic heterocycles. The van der Waals surface area contributed by atoms with Crippen molar-refractivity contribution in [3.8, 4) is 11.3 Å². The average Bonchev–Trinajstić information content (AvgIpc) is 2.43. The number of rotatable bonds is 2. The lowest BCUT2D eigenvalue weighted by atomic mass is 10.1. The molecule has 1 heterocycles. The maximum atomic E-state index is 11.7. The van der Waals surface area contributed by atoms with Gasteiger partial charge < -0.3 is 10.5 Å². The van der Waals surface area contributed by atoms with Crippen LogP contribution in [0, 0.1) is 0 Å². The van der Waals surface area contributed by atoms with Crippen molar-refractivity contribution >= 4 is 11.8 Å². The molecule has 1 aliphatic heterocycles. The number of anilines is 1. The van der Waals surface area contributed by atoms with Crippen LogP contribution in [-0.4, -0.2) is 17.6 Å². The number of fused-ring (bicyclic) bond motifs is 1. The van der Waals surface area contributed by atoms with Gasteiger partial charge in [-0.05, 0) is 13.0 Å². The molecule has 0 atom stereocenters. The highest BCUT2D eigenvalue weighted by atomic mass is 16.5. The molecule has 4 nitrogen and oxygen atoms in total. The van der Waals surface area contributed by atoms with E-state index < -0.39 is 5.97 Å². The van der Waals surface area contributed by atoms with Gasteiger partial charge in [-0.2, -0.15) is 0 Å². The lowest BCUT2D eigenvalue weighted by molar-refractivity contribution is 0.0529. The van der Waals surface area contributed by atoms with Gasteiger partial charge in [0, 0.05) is 5.56 Å². The third-order valence-electron chi connectivity index (χ3n) is 2.26. The smallest absolute Gasteiger partial charge is 0.342 e. The third kappa shape index (κ3) is 1.69. The highest BCUT2D eigenvalue weighted by molar-refractivity contribution is 6.02. The lowest BCUT2D eigenvalue weighted by Crippen LogP contribution is -2.06. The quantitative estimate of drug-likeness (QED) is 0.779. The van der Waals surface area contributed by atoms with Gasteiger partial charge in [-0.3, -0.25) is 0 Å². The molecule has 0 fully saturated rings. The molecule has 4 heteroatoms. The standard InChI is InChI=1S/C12H12N2O2/c1-2-16-12(15)10-8-6-4-3-5-7-9(8)14-11(10)13/h3-7H,2H2,1H3,(H2,13,14). The molecule has 2 N–H and O–H groups in total. The molecule has 2 rings (SSSR count). The number of nitrogens with two attached hydrogens (primary N) is 1. The summed E-state index contributed by atoms with van der Waals surface area (Å²) in [5.74, 6) is -0.201. The van der Waals surface area contributed by atoms with E-state index in [2.05, 4.69) is 4.98 Å². The van der Waals surface area contributed by atoms with Gasteiger partial charge in [0.25, 0.3) is 0 Å². The minimum absolute atomic E-state index is 0.222. The van der Waals surface area contributed by atoms with Gasteiger partial charge in [-0.1, -0.05) is 24.3 Å². The number of ether oxygens (including phenoxy) is 1. The van der Waals surface area contributed by atoms with Crippen molar-refractivity contribution in [2.45, 2.75) is 6.92 Å². The van der Waals surface area contributed by atoms with Crippen LogP contribution < -0.4 is 5.73 Å². The van der Waals surface area contributed by atoms with E-state index in [1.165, 1.54) is 0 Å². The van der Waals surface area contributed by atoms with E-state index in [-0.39, 0.29) is 5.82 Å². The molecule has 0 aromatic carbocycles. The van der Waals surface area contributed by atoms with Crippen LogP contribution in [0.3, 0.4) is 0 Å². The summed E-state index contributed by atoms with van der Waals surface area (Å²) in [4.78, 5) is 15.8. The molecular formula is C12H12N2O2. The molecule has 0 amide bonds. The molecule has 0 saturated carbocycles. The fourth-order valence-corrected chi connectivity index (χ4v) is 1.59. The minimum atomic E-state index is -0.423. The molecule has 2 aliphatic rings. The summed E-state index contributed by atoms with van der Waals surface area (Å²) in [5, 5.41) is 0. The Morgan fingerprint density at radius 3 is 2.88 bits per heavy atom.